The van der Waals surface area contributed by atoms with Crippen LogP contribution in [0, 0.1) is 13.8 Å². The summed E-state index contributed by atoms with van der Waals surface area (Å²) in [6, 6.07) is 19.4. The molecule has 2 heterocycles. The van der Waals surface area contributed by atoms with Gasteiger partial charge in [-0.25, -0.2) is 4.98 Å². The molecule has 0 N–H and O–H groups in total. The summed E-state index contributed by atoms with van der Waals surface area (Å²) in [4.78, 5) is 30.9. The van der Waals surface area contributed by atoms with Gasteiger partial charge in [0.1, 0.15) is 0 Å². The highest BCUT2D eigenvalue weighted by atomic mass is 32.2. The lowest BCUT2D eigenvalue weighted by atomic mass is 10.2. The normalized spacial score (nSPS) is 11.2. The molecule has 4 rings (SSSR count). The number of hydrogen-bond donors (Lipinski definition) is 0. The van der Waals surface area contributed by atoms with Crippen LogP contribution in [0.1, 0.15) is 41.5 Å². The van der Waals surface area contributed by atoms with Gasteiger partial charge >= 0.3 is 0 Å². The zero-order chi connectivity index (χ0) is 22.7. The fourth-order valence-corrected chi connectivity index (χ4v) is 4.91. The summed E-state index contributed by atoms with van der Waals surface area (Å²) in [5, 5.41) is 1.22. The van der Waals surface area contributed by atoms with Crippen LogP contribution in [-0.2, 0) is 6.54 Å². The van der Waals surface area contributed by atoms with E-state index in [2.05, 4.69) is 11.5 Å². The fourth-order valence-electron chi connectivity index (χ4n) is 4.00. The molecule has 4 aromatic rings. The van der Waals surface area contributed by atoms with Gasteiger partial charge in [0.15, 0.2) is 10.9 Å². The number of rotatable bonds is 8. The third-order valence-corrected chi connectivity index (χ3v) is 6.62. The van der Waals surface area contributed by atoms with Gasteiger partial charge in [-0.05, 0) is 50.6 Å². The first kappa shape index (κ1) is 22.1. The molecule has 2 aromatic heterocycles. The number of ketones is 1. The SMILES string of the molecule is CCCCn1c(SCC(=O)c2cc(C)n(-c3ccccc3)c2C)nc2ccccc2c1=O. The largest absolute Gasteiger partial charge is 0.318 e. The molecule has 6 heteroatoms. The number of hydrogen-bond acceptors (Lipinski definition) is 4. The number of aryl methyl sites for hydroxylation is 1. The molecule has 0 saturated heterocycles. The molecule has 0 saturated carbocycles. The molecule has 0 radical (unpaired) electrons. The van der Waals surface area contributed by atoms with Crippen molar-refractivity contribution in [1.82, 2.24) is 14.1 Å². The second-order valence-corrected chi connectivity index (χ2v) is 8.83. The van der Waals surface area contributed by atoms with Crippen molar-refractivity contribution in [3.63, 3.8) is 0 Å². The van der Waals surface area contributed by atoms with E-state index in [1.165, 1.54) is 11.8 Å². The number of carbonyl (C=O) groups excluding carboxylic acids is 1. The van der Waals surface area contributed by atoms with E-state index in [0.29, 0.717) is 28.2 Å². The van der Waals surface area contributed by atoms with Crippen molar-refractivity contribution in [3.05, 3.63) is 88.0 Å². The lowest BCUT2D eigenvalue weighted by Crippen LogP contribution is -2.24. The number of Topliss-reactive ketones (excluding diaryl/α,β-unsaturated/α-hetero) is 1. The zero-order valence-corrected chi connectivity index (χ0v) is 19.5. The standard InChI is InChI=1S/C26H27N3O2S/c1-4-5-15-28-25(31)21-13-9-10-14-23(21)27-26(28)32-17-24(30)22-16-18(2)29(19(22)3)20-11-7-6-8-12-20/h6-14,16H,4-5,15,17H2,1-3H3. The van der Waals surface area contributed by atoms with Gasteiger partial charge in [0.05, 0.1) is 16.7 Å². The summed E-state index contributed by atoms with van der Waals surface area (Å²) in [6.45, 7) is 6.69. The molecule has 164 valence electrons. The van der Waals surface area contributed by atoms with Gasteiger partial charge in [-0.15, -0.1) is 0 Å². The van der Waals surface area contributed by atoms with Crippen molar-refractivity contribution in [1.29, 1.82) is 0 Å². The predicted molar refractivity (Wildman–Crippen MR) is 131 cm³/mol. The van der Waals surface area contributed by atoms with Crippen LogP contribution in [0.5, 0.6) is 0 Å². The number of thioether (sulfide) groups is 1. The number of carbonyl (C=O) groups is 1. The monoisotopic (exact) mass is 445 g/mol. The summed E-state index contributed by atoms with van der Waals surface area (Å²) < 4.78 is 3.82. The first-order valence-electron chi connectivity index (χ1n) is 10.9. The Balaban J connectivity index is 1.63. The number of fused-ring (bicyclic) bond motifs is 1. The maximum absolute atomic E-state index is 13.2. The van der Waals surface area contributed by atoms with Crippen molar-refractivity contribution in [2.45, 2.75) is 45.3 Å². The van der Waals surface area contributed by atoms with Crippen LogP contribution in [0.3, 0.4) is 0 Å². The molecule has 0 atom stereocenters. The van der Waals surface area contributed by atoms with Gasteiger partial charge < -0.3 is 4.57 Å². The number of nitrogens with zero attached hydrogens (tertiary/aromatic N) is 3. The Morgan fingerprint density at radius 3 is 2.50 bits per heavy atom. The van der Waals surface area contributed by atoms with Crippen LogP contribution in [0.4, 0.5) is 0 Å². The Hall–Kier alpha value is -3.12. The summed E-state index contributed by atoms with van der Waals surface area (Å²) >= 11 is 1.34. The molecule has 0 aliphatic carbocycles. The smallest absolute Gasteiger partial charge is 0.262 e. The van der Waals surface area contributed by atoms with Crippen molar-refractivity contribution < 1.29 is 4.79 Å². The molecule has 0 amide bonds. The lowest BCUT2D eigenvalue weighted by molar-refractivity contribution is 0.102. The van der Waals surface area contributed by atoms with Crippen LogP contribution in [0.15, 0.2) is 70.6 Å². The zero-order valence-electron chi connectivity index (χ0n) is 18.7. The van der Waals surface area contributed by atoms with Crippen LogP contribution in [0.25, 0.3) is 16.6 Å². The molecular weight excluding hydrogens is 418 g/mol. The third kappa shape index (κ3) is 4.28. The van der Waals surface area contributed by atoms with Crippen LogP contribution < -0.4 is 5.56 Å². The molecule has 0 fully saturated rings. The van der Waals surface area contributed by atoms with Gasteiger partial charge in [-0.3, -0.25) is 14.2 Å². The van der Waals surface area contributed by atoms with E-state index in [9.17, 15) is 9.59 Å². The third-order valence-electron chi connectivity index (χ3n) is 5.64. The molecule has 0 aliphatic heterocycles. The lowest BCUT2D eigenvalue weighted by Gasteiger charge is -2.12. The molecule has 0 bridgehead atoms. The summed E-state index contributed by atoms with van der Waals surface area (Å²) in [5.74, 6) is 0.269. The van der Waals surface area contributed by atoms with Crippen molar-refractivity contribution in [3.8, 4) is 5.69 Å². The number of aromatic nitrogens is 3. The molecule has 32 heavy (non-hydrogen) atoms. The van der Waals surface area contributed by atoms with E-state index in [0.717, 1.165) is 29.9 Å². The molecule has 5 nitrogen and oxygen atoms in total. The molecule has 0 spiro atoms. The number of unbranched alkanes of at least 4 members (excludes halogenated alkanes) is 1. The Kier molecular flexibility index (Phi) is 6.61. The Morgan fingerprint density at radius 2 is 1.75 bits per heavy atom. The van der Waals surface area contributed by atoms with E-state index in [1.807, 2.05) is 74.5 Å². The minimum absolute atomic E-state index is 0.0368. The predicted octanol–water partition coefficient (Wildman–Crippen LogP) is 5.58. The van der Waals surface area contributed by atoms with E-state index >= 15 is 0 Å². The molecule has 2 aromatic carbocycles. The van der Waals surface area contributed by atoms with Gasteiger partial charge in [0.25, 0.3) is 5.56 Å². The van der Waals surface area contributed by atoms with Crippen molar-refractivity contribution >= 4 is 28.4 Å². The molecule has 0 unspecified atom stereocenters. The van der Waals surface area contributed by atoms with Crippen molar-refractivity contribution in [2.75, 3.05) is 5.75 Å². The van der Waals surface area contributed by atoms with E-state index < -0.39 is 0 Å². The number of benzene rings is 2. The van der Waals surface area contributed by atoms with Crippen LogP contribution >= 0.6 is 11.8 Å². The second kappa shape index (κ2) is 9.57. The highest BCUT2D eigenvalue weighted by molar-refractivity contribution is 7.99. The van der Waals surface area contributed by atoms with E-state index in [-0.39, 0.29) is 17.1 Å². The van der Waals surface area contributed by atoms with Gasteiger partial charge in [-0.2, -0.15) is 0 Å². The van der Waals surface area contributed by atoms with Gasteiger partial charge in [0.2, 0.25) is 0 Å². The fraction of sp³-hybridized carbons (Fsp3) is 0.269. The highest BCUT2D eigenvalue weighted by Gasteiger charge is 2.19. The van der Waals surface area contributed by atoms with E-state index in [4.69, 9.17) is 4.98 Å². The summed E-state index contributed by atoms with van der Waals surface area (Å²) in [5.41, 5.74) is 4.32. The quantitative estimate of drug-likeness (QED) is 0.202. The first-order valence-corrected chi connectivity index (χ1v) is 11.9. The maximum atomic E-state index is 13.2. The minimum Gasteiger partial charge on any atom is -0.318 e. The van der Waals surface area contributed by atoms with Crippen LogP contribution in [0.2, 0.25) is 0 Å². The van der Waals surface area contributed by atoms with Gasteiger partial charge in [-0.1, -0.05) is 55.4 Å². The highest BCUT2D eigenvalue weighted by Crippen LogP contribution is 2.24. The Bertz CT molecular complexity index is 1320. The Morgan fingerprint density at radius 1 is 1.03 bits per heavy atom. The average molecular weight is 446 g/mol. The maximum Gasteiger partial charge on any atom is 0.262 e. The van der Waals surface area contributed by atoms with Gasteiger partial charge in [0, 0.05) is 29.2 Å². The number of para-hydroxylation sites is 2. The topological polar surface area (TPSA) is 56.9 Å². The second-order valence-electron chi connectivity index (χ2n) is 7.89. The Labute approximate surface area is 192 Å². The van der Waals surface area contributed by atoms with Crippen molar-refractivity contribution in [2.24, 2.45) is 0 Å². The minimum atomic E-state index is -0.0405. The molecule has 0 aliphatic rings. The molecular formula is C26H27N3O2S. The van der Waals surface area contributed by atoms with Crippen LogP contribution in [-0.4, -0.2) is 25.7 Å². The summed E-state index contributed by atoms with van der Waals surface area (Å²) in [7, 11) is 0. The average Bonchev–Trinajstić information content (AvgIpc) is 3.11. The first-order chi connectivity index (χ1) is 15.5. The van der Waals surface area contributed by atoms with E-state index in [1.54, 1.807) is 4.57 Å². The summed E-state index contributed by atoms with van der Waals surface area (Å²) in [6.07, 6.45) is 1.87.